The zero-order valence-electron chi connectivity index (χ0n) is 12.1. The summed E-state index contributed by atoms with van der Waals surface area (Å²) in [7, 11) is 2.98. The van der Waals surface area contributed by atoms with Gasteiger partial charge in [-0.25, -0.2) is 15.0 Å². The topological polar surface area (TPSA) is 105 Å². The van der Waals surface area contributed by atoms with Crippen LogP contribution in [0.4, 0.5) is 5.82 Å². The number of phenols is 1. The summed E-state index contributed by atoms with van der Waals surface area (Å²) in [5.74, 6) is 1.33. The highest BCUT2D eigenvalue weighted by atomic mass is 16.5. The Kier molecular flexibility index (Phi) is 3.65. The number of H-pyrrole nitrogens is 1. The van der Waals surface area contributed by atoms with Gasteiger partial charge in [0, 0.05) is 6.54 Å². The summed E-state index contributed by atoms with van der Waals surface area (Å²) in [4.78, 5) is 15.3. The van der Waals surface area contributed by atoms with Gasteiger partial charge in [0.1, 0.15) is 11.8 Å². The number of phenolic OH excluding ortho intramolecular Hbond substituents is 1. The molecule has 1 aromatic carbocycles. The first-order chi connectivity index (χ1) is 10.7. The minimum atomic E-state index is -0.0215. The molecule has 0 aliphatic heterocycles. The zero-order valence-corrected chi connectivity index (χ0v) is 12.1. The Labute approximate surface area is 126 Å². The van der Waals surface area contributed by atoms with Crippen molar-refractivity contribution in [2.45, 2.75) is 6.54 Å². The van der Waals surface area contributed by atoms with Gasteiger partial charge in [-0.3, -0.25) is 0 Å². The van der Waals surface area contributed by atoms with Crippen molar-refractivity contribution in [1.82, 2.24) is 19.9 Å². The van der Waals surface area contributed by atoms with Gasteiger partial charge in [0.25, 0.3) is 0 Å². The second-order valence-corrected chi connectivity index (χ2v) is 4.53. The molecule has 0 bridgehead atoms. The van der Waals surface area contributed by atoms with E-state index in [4.69, 9.17) is 9.47 Å². The lowest BCUT2D eigenvalue weighted by Crippen LogP contribution is -2.03. The molecule has 22 heavy (non-hydrogen) atoms. The summed E-state index contributed by atoms with van der Waals surface area (Å²) >= 11 is 0. The van der Waals surface area contributed by atoms with E-state index in [1.165, 1.54) is 20.5 Å². The Balaban J connectivity index is 1.86. The molecule has 0 aliphatic rings. The maximum absolute atomic E-state index is 9.91. The number of methoxy groups -OCH3 is 2. The van der Waals surface area contributed by atoms with Gasteiger partial charge in [-0.05, 0) is 17.7 Å². The largest absolute Gasteiger partial charge is 0.502 e. The fourth-order valence-corrected chi connectivity index (χ4v) is 2.13. The fourth-order valence-electron chi connectivity index (χ4n) is 2.13. The molecule has 0 spiro atoms. The third kappa shape index (κ3) is 2.46. The lowest BCUT2D eigenvalue weighted by molar-refractivity contribution is 0.339. The van der Waals surface area contributed by atoms with Crippen LogP contribution in [-0.4, -0.2) is 39.3 Å². The molecule has 0 amide bonds. The van der Waals surface area contributed by atoms with Gasteiger partial charge in [-0.15, -0.1) is 0 Å². The van der Waals surface area contributed by atoms with Crippen LogP contribution < -0.4 is 14.8 Å². The lowest BCUT2D eigenvalue weighted by Gasteiger charge is -2.12. The number of aromatic hydroxyl groups is 1. The van der Waals surface area contributed by atoms with Gasteiger partial charge in [0.15, 0.2) is 23.0 Å². The van der Waals surface area contributed by atoms with Crippen LogP contribution in [0.5, 0.6) is 17.2 Å². The van der Waals surface area contributed by atoms with E-state index in [0.29, 0.717) is 29.5 Å². The lowest BCUT2D eigenvalue weighted by atomic mass is 10.2. The molecule has 0 unspecified atom stereocenters. The molecule has 0 radical (unpaired) electrons. The molecule has 8 nitrogen and oxygen atoms in total. The molecule has 2 heterocycles. The highest BCUT2D eigenvalue weighted by molar-refractivity contribution is 5.81. The van der Waals surface area contributed by atoms with Gasteiger partial charge in [0.2, 0.25) is 5.75 Å². The van der Waals surface area contributed by atoms with Crippen LogP contribution in [0.1, 0.15) is 5.56 Å². The Morgan fingerprint density at radius 1 is 1.14 bits per heavy atom. The number of anilines is 1. The van der Waals surface area contributed by atoms with Gasteiger partial charge in [0.05, 0.1) is 20.5 Å². The number of rotatable bonds is 5. The highest BCUT2D eigenvalue weighted by Crippen LogP contribution is 2.37. The van der Waals surface area contributed by atoms with Crippen molar-refractivity contribution in [3.05, 3.63) is 30.4 Å². The molecule has 8 heteroatoms. The molecule has 2 aromatic heterocycles. The first-order valence-electron chi connectivity index (χ1n) is 6.54. The number of aromatic nitrogens is 4. The van der Waals surface area contributed by atoms with Crippen LogP contribution in [0.3, 0.4) is 0 Å². The summed E-state index contributed by atoms with van der Waals surface area (Å²) in [5.41, 5.74) is 2.20. The number of nitrogens with zero attached hydrogens (tertiary/aromatic N) is 3. The third-order valence-electron chi connectivity index (χ3n) is 3.22. The first-order valence-corrected chi connectivity index (χ1v) is 6.54. The van der Waals surface area contributed by atoms with E-state index in [9.17, 15) is 5.11 Å². The minimum Gasteiger partial charge on any atom is -0.502 e. The number of aromatic amines is 1. The van der Waals surface area contributed by atoms with Crippen molar-refractivity contribution >= 4 is 17.0 Å². The van der Waals surface area contributed by atoms with Crippen LogP contribution >= 0.6 is 0 Å². The second kappa shape index (κ2) is 5.76. The number of imidazole rings is 1. The molecule has 114 valence electrons. The SMILES string of the molecule is COc1cc(CNc2ncnc3nc[nH]c23)cc(OC)c1O. The summed E-state index contributed by atoms with van der Waals surface area (Å²) in [6.07, 6.45) is 3.01. The Morgan fingerprint density at radius 2 is 1.86 bits per heavy atom. The maximum atomic E-state index is 9.91. The quantitative estimate of drug-likeness (QED) is 0.658. The molecule has 3 rings (SSSR count). The van der Waals surface area contributed by atoms with Gasteiger partial charge in [-0.2, -0.15) is 0 Å². The Morgan fingerprint density at radius 3 is 2.55 bits per heavy atom. The van der Waals surface area contributed by atoms with Crippen molar-refractivity contribution < 1.29 is 14.6 Å². The van der Waals surface area contributed by atoms with Crippen molar-refractivity contribution in [3.8, 4) is 17.2 Å². The van der Waals surface area contributed by atoms with E-state index in [1.807, 2.05) is 0 Å². The molecular weight excluding hydrogens is 286 g/mol. The summed E-state index contributed by atoms with van der Waals surface area (Å²) in [5, 5.41) is 13.1. The zero-order chi connectivity index (χ0) is 15.5. The Hall–Kier alpha value is -3.03. The third-order valence-corrected chi connectivity index (χ3v) is 3.22. The number of ether oxygens (including phenoxy) is 2. The second-order valence-electron chi connectivity index (χ2n) is 4.53. The smallest absolute Gasteiger partial charge is 0.200 e. The molecule has 0 saturated heterocycles. The van der Waals surface area contributed by atoms with E-state index < -0.39 is 0 Å². The molecule has 0 atom stereocenters. The average Bonchev–Trinajstić information content (AvgIpc) is 3.03. The minimum absolute atomic E-state index is 0.0215. The van der Waals surface area contributed by atoms with Crippen molar-refractivity contribution in [3.63, 3.8) is 0 Å². The van der Waals surface area contributed by atoms with Crippen molar-refractivity contribution in [2.24, 2.45) is 0 Å². The summed E-state index contributed by atoms with van der Waals surface area (Å²) < 4.78 is 10.3. The van der Waals surface area contributed by atoms with Crippen molar-refractivity contribution in [2.75, 3.05) is 19.5 Å². The monoisotopic (exact) mass is 301 g/mol. The van der Waals surface area contributed by atoms with Crippen LogP contribution in [0.15, 0.2) is 24.8 Å². The first kappa shape index (κ1) is 13.9. The van der Waals surface area contributed by atoms with E-state index in [1.54, 1.807) is 18.5 Å². The van der Waals surface area contributed by atoms with Crippen molar-refractivity contribution in [1.29, 1.82) is 0 Å². The van der Waals surface area contributed by atoms with E-state index in [2.05, 4.69) is 25.3 Å². The molecule has 0 aliphatic carbocycles. The summed E-state index contributed by atoms with van der Waals surface area (Å²) in [6.45, 7) is 0.470. The Bertz CT molecular complexity index is 777. The predicted octanol–water partition coefficient (Wildman–Crippen LogP) is 1.69. The normalized spacial score (nSPS) is 10.6. The standard InChI is InChI=1S/C14H15N5O3/c1-21-9-3-8(4-10(22-2)12(9)20)5-15-13-11-14(17-6-16-11)19-7-18-13/h3-4,6-7,20H,5H2,1-2H3,(H2,15,16,17,18,19). The number of hydrogen-bond acceptors (Lipinski definition) is 7. The number of nitrogens with one attached hydrogen (secondary N) is 2. The van der Waals surface area contributed by atoms with Crippen LogP contribution in [0.25, 0.3) is 11.2 Å². The number of benzene rings is 1. The molecule has 0 fully saturated rings. The average molecular weight is 301 g/mol. The number of fused-ring (bicyclic) bond motifs is 1. The number of hydrogen-bond donors (Lipinski definition) is 3. The van der Waals surface area contributed by atoms with Crippen LogP contribution in [0, 0.1) is 0 Å². The fraction of sp³-hybridized carbons (Fsp3) is 0.214. The molecule has 3 aromatic rings. The maximum Gasteiger partial charge on any atom is 0.200 e. The van der Waals surface area contributed by atoms with Gasteiger partial charge in [-0.1, -0.05) is 0 Å². The van der Waals surface area contributed by atoms with Gasteiger partial charge >= 0.3 is 0 Å². The summed E-state index contributed by atoms with van der Waals surface area (Å²) in [6, 6.07) is 3.46. The highest BCUT2D eigenvalue weighted by Gasteiger charge is 2.12. The predicted molar refractivity (Wildman–Crippen MR) is 80.2 cm³/mol. The molecule has 3 N–H and O–H groups in total. The van der Waals surface area contributed by atoms with Crippen LogP contribution in [-0.2, 0) is 6.54 Å². The van der Waals surface area contributed by atoms with E-state index in [0.717, 1.165) is 11.1 Å². The van der Waals surface area contributed by atoms with E-state index in [-0.39, 0.29) is 5.75 Å². The van der Waals surface area contributed by atoms with Gasteiger partial charge < -0.3 is 24.9 Å². The van der Waals surface area contributed by atoms with E-state index >= 15 is 0 Å². The molecular formula is C14H15N5O3. The molecule has 0 saturated carbocycles. The van der Waals surface area contributed by atoms with Crippen LogP contribution in [0.2, 0.25) is 0 Å².